The van der Waals surface area contributed by atoms with Crippen LogP contribution < -0.4 is 5.73 Å². The summed E-state index contributed by atoms with van der Waals surface area (Å²) in [4.78, 5) is 0. The summed E-state index contributed by atoms with van der Waals surface area (Å²) in [7, 11) is 1.91. The molecular weight excluding hydrogens is 234 g/mol. The Balaban J connectivity index is 2.65. The minimum Gasteiger partial charge on any atom is -0.384 e. The molecule has 0 atom stereocenters. The first-order valence-corrected chi connectivity index (χ1v) is 6.79. The van der Waals surface area contributed by atoms with Crippen LogP contribution in [0.15, 0.2) is 18.2 Å². The number of nitrogens with zero attached hydrogens (tertiary/aromatic N) is 2. The highest BCUT2D eigenvalue weighted by Gasteiger charge is 2.19. The lowest BCUT2D eigenvalue weighted by Crippen LogP contribution is -2.02. The zero-order valence-electron chi connectivity index (χ0n) is 12.5. The van der Waals surface area contributed by atoms with E-state index in [1.807, 2.05) is 7.05 Å². The van der Waals surface area contributed by atoms with E-state index in [1.165, 1.54) is 22.3 Å². The molecule has 0 aliphatic heterocycles. The van der Waals surface area contributed by atoms with Gasteiger partial charge in [0.25, 0.3) is 0 Å². The van der Waals surface area contributed by atoms with Crippen molar-refractivity contribution < 1.29 is 0 Å². The maximum absolute atomic E-state index is 6.19. The van der Waals surface area contributed by atoms with Gasteiger partial charge >= 0.3 is 0 Å². The predicted molar refractivity (Wildman–Crippen MR) is 81.1 cm³/mol. The molecule has 3 nitrogen and oxygen atoms in total. The van der Waals surface area contributed by atoms with Crippen molar-refractivity contribution in [2.45, 2.75) is 34.1 Å². The molecule has 0 saturated heterocycles. The average Bonchev–Trinajstić information content (AvgIpc) is 2.57. The highest BCUT2D eigenvalue weighted by atomic mass is 15.3. The SMILES string of the molecule is Cc1cccc(C)c1-c1nn(C)c(N)c1CC(C)C. The molecule has 0 unspecified atom stereocenters. The van der Waals surface area contributed by atoms with Crippen molar-refractivity contribution in [1.82, 2.24) is 9.78 Å². The number of nitrogens with two attached hydrogens (primary N) is 1. The van der Waals surface area contributed by atoms with Crippen LogP contribution in [0.25, 0.3) is 11.3 Å². The molecule has 19 heavy (non-hydrogen) atoms. The lowest BCUT2D eigenvalue weighted by Gasteiger charge is -2.11. The van der Waals surface area contributed by atoms with Gasteiger partial charge in [-0.15, -0.1) is 0 Å². The van der Waals surface area contributed by atoms with Crippen LogP contribution in [-0.2, 0) is 13.5 Å². The van der Waals surface area contributed by atoms with E-state index in [9.17, 15) is 0 Å². The fourth-order valence-corrected chi connectivity index (χ4v) is 2.58. The van der Waals surface area contributed by atoms with Crippen molar-refractivity contribution in [3.05, 3.63) is 34.9 Å². The van der Waals surface area contributed by atoms with E-state index in [0.717, 1.165) is 17.9 Å². The van der Waals surface area contributed by atoms with Gasteiger partial charge in [-0.3, -0.25) is 4.68 Å². The highest BCUT2D eigenvalue weighted by molar-refractivity contribution is 5.73. The smallest absolute Gasteiger partial charge is 0.125 e. The van der Waals surface area contributed by atoms with Gasteiger partial charge in [0.2, 0.25) is 0 Å². The van der Waals surface area contributed by atoms with Gasteiger partial charge in [0.1, 0.15) is 5.82 Å². The second-order valence-electron chi connectivity index (χ2n) is 5.70. The van der Waals surface area contributed by atoms with E-state index in [0.29, 0.717) is 5.92 Å². The molecule has 2 rings (SSSR count). The van der Waals surface area contributed by atoms with Crippen LogP contribution in [0.1, 0.15) is 30.5 Å². The number of rotatable bonds is 3. The molecule has 0 bridgehead atoms. The van der Waals surface area contributed by atoms with Crippen LogP contribution in [-0.4, -0.2) is 9.78 Å². The highest BCUT2D eigenvalue weighted by Crippen LogP contribution is 2.33. The number of hydrogen-bond acceptors (Lipinski definition) is 2. The van der Waals surface area contributed by atoms with Crippen LogP contribution in [0.4, 0.5) is 5.82 Å². The van der Waals surface area contributed by atoms with Gasteiger partial charge in [0.05, 0.1) is 5.69 Å². The largest absolute Gasteiger partial charge is 0.384 e. The first-order valence-electron chi connectivity index (χ1n) is 6.79. The minimum atomic E-state index is 0.564. The molecule has 2 N–H and O–H groups in total. The Kier molecular flexibility index (Phi) is 3.65. The summed E-state index contributed by atoms with van der Waals surface area (Å²) in [6.07, 6.45) is 0.961. The van der Waals surface area contributed by atoms with Gasteiger partial charge in [-0.05, 0) is 37.3 Å². The molecule has 0 saturated carbocycles. The van der Waals surface area contributed by atoms with Crippen molar-refractivity contribution in [2.75, 3.05) is 5.73 Å². The Morgan fingerprint density at radius 3 is 2.32 bits per heavy atom. The lowest BCUT2D eigenvalue weighted by atomic mass is 9.94. The number of aromatic nitrogens is 2. The molecular formula is C16H23N3. The van der Waals surface area contributed by atoms with Crippen molar-refractivity contribution in [2.24, 2.45) is 13.0 Å². The van der Waals surface area contributed by atoms with Gasteiger partial charge in [-0.1, -0.05) is 32.0 Å². The van der Waals surface area contributed by atoms with Crippen molar-refractivity contribution >= 4 is 5.82 Å². The predicted octanol–water partition coefficient (Wildman–Crippen LogP) is 3.48. The van der Waals surface area contributed by atoms with Crippen LogP contribution in [0.3, 0.4) is 0 Å². The molecule has 102 valence electrons. The van der Waals surface area contributed by atoms with Gasteiger partial charge in [0.15, 0.2) is 0 Å². The molecule has 0 spiro atoms. The molecule has 1 heterocycles. The van der Waals surface area contributed by atoms with E-state index in [4.69, 9.17) is 5.73 Å². The number of benzene rings is 1. The summed E-state index contributed by atoms with van der Waals surface area (Å²) in [6, 6.07) is 6.35. The first kappa shape index (κ1) is 13.7. The Labute approximate surface area is 115 Å². The van der Waals surface area contributed by atoms with E-state index >= 15 is 0 Å². The molecule has 1 aromatic heterocycles. The molecule has 0 fully saturated rings. The zero-order valence-corrected chi connectivity index (χ0v) is 12.5. The Hall–Kier alpha value is -1.77. The second-order valence-corrected chi connectivity index (χ2v) is 5.70. The van der Waals surface area contributed by atoms with Crippen LogP contribution in [0.5, 0.6) is 0 Å². The van der Waals surface area contributed by atoms with Gasteiger partial charge in [-0.25, -0.2) is 0 Å². The summed E-state index contributed by atoms with van der Waals surface area (Å²) >= 11 is 0. The monoisotopic (exact) mass is 257 g/mol. The third-order valence-electron chi connectivity index (χ3n) is 3.52. The lowest BCUT2D eigenvalue weighted by molar-refractivity contribution is 0.648. The Morgan fingerprint density at radius 2 is 1.79 bits per heavy atom. The Morgan fingerprint density at radius 1 is 1.21 bits per heavy atom. The first-order chi connectivity index (χ1) is 8.91. The molecule has 3 heteroatoms. The summed E-state index contributed by atoms with van der Waals surface area (Å²) in [5.41, 5.74) is 12.1. The van der Waals surface area contributed by atoms with E-state index in [1.54, 1.807) is 4.68 Å². The van der Waals surface area contributed by atoms with Crippen molar-refractivity contribution in [3.63, 3.8) is 0 Å². The van der Waals surface area contributed by atoms with Gasteiger partial charge < -0.3 is 5.73 Å². The third kappa shape index (κ3) is 2.50. The molecule has 0 aliphatic carbocycles. The third-order valence-corrected chi connectivity index (χ3v) is 3.52. The summed E-state index contributed by atoms with van der Waals surface area (Å²) in [6.45, 7) is 8.68. The Bertz CT molecular complexity index is 574. The maximum atomic E-state index is 6.19. The number of aryl methyl sites for hydroxylation is 3. The van der Waals surface area contributed by atoms with E-state index in [2.05, 4.69) is 51.0 Å². The van der Waals surface area contributed by atoms with Crippen LogP contribution in [0, 0.1) is 19.8 Å². The minimum absolute atomic E-state index is 0.564. The maximum Gasteiger partial charge on any atom is 0.125 e. The topological polar surface area (TPSA) is 43.8 Å². The quantitative estimate of drug-likeness (QED) is 0.914. The van der Waals surface area contributed by atoms with E-state index in [-0.39, 0.29) is 0 Å². The molecule has 0 aliphatic rings. The van der Waals surface area contributed by atoms with Crippen molar-refractivity contribution in [3.8, 4) is 11.3 Å². The standard InChI is InChI=1S/C16H23N3/c1-10(2)9-13-15(18-19(5)16(13)17)14-11(3)7-6-8-12(14)4/h6-8,10H,9,17H2,1-5H3. The average molecular weight is 257 g/mol. The van der Waals surface area contributed by atoms with Gasteiger partial charge in [0, 0.05) is 18.2 Å². The van der Waals surface area contributed by atoms with Crippen LogP contribution >= 0.6 is 0 Å². The van der Waals surface area contributed by atoms with Crippen molar-refractivity contribution in [1.29, 1.82) is 0 Å². The van der Waals surface area contributed by atoms with Gasteiger partial charge in [-0.2, -0.15) is 5.10 Å². The number of nitrogen functional groups attached to an aromatic ring is 1. The number of anilines is 1. The number of hydrogen-bond donors (Lipinski definition) is 1. The molecule has 2 aromatic rings. The molecule has 0 amide bonds. The summed E-state index contributed by atoms with van der Waals surface area (Å²) < 4.78 is 1.79. The molecule has 1 aromatic carbocycles. The summed E-state index contributed by atoms with van der Waals surface area (Å²) in [5.74, 6) is 1.35. The zero-order chi connectivity index (χ0) is 14.2. The fourth-order valence-electron chi connectivity index (χ4n) is 2.58. The summed E-state index contributed by atoms with van der Waals surface area (Å²) in [5, 5.41) is 4.65. The van der Waals surface area contributed by atoms with E-state index < -0.39 is 0 Å². The normalized spacial score (nSPS) is 11.3. The molecule has 0 radical (unpaired) electrons. The van der Waals surface area contributed by atoms with Crippen LogP contribution in [0.2, 0.25) is 0 Å². The fraction of sp³-hybridized carbons (Fsp3) is 0.438. The second kappa shape index (κ2) is 5.08.